The zero-order valence-electron chi connectivity index (χ0n) is 17.2. The highest BCUT2D eigenvalue weighted by molar-refractivity contribution is 7.21. The summed E-state index contributed by atoms with van der Waals surface area (Å²) in [5.74, 6) is 1.66. The SMILES string of the molecule is CC=Cc1c(Cl)nc(N)nc1N1CCOc2ccc(-c3cnc4sc(N)nc4c3)cc2C1. The summed E-state index contributed by atoms with van der Waals surface area (Å²) in [6.45, 7) is 3.64. The van der Waals surface area contributed by atoms with E-state index >= 15 is 0 Å². The van der Waals surface area contributed by atoms with E-state index in [-0.39, 0.29) is 5.95 Å². The molecule has 4 aromatic rings. The fraction of sp³-hybridized carbons (Fsp3) is 0.182. The Hall–Kier alpha value is -3.43. The van der Waals surface area contributed by atoms with Gasteiger partial charge in [0, 0.05) is 23.9 Å². The molecule has 0 bridgehead atoms. The molecule has 4 N–H and O–H groups in total. The van der Waals surface area contributed by atoms with Gasteiger partial charge in [-0.25, -0.2) is 15.0 Å². The van der Waals surface area contributed by atoms with Crippen molar-refractivity contribution in [3.63, 3.8) is 0 Å². The molecule has 5 rings (SSSR count). The van der Waals surface area contributed by atoms with E-state index in [0.717, 1.165) is 38.4 Å². The van der Waals surface area contributed by atoms with Crippen molar-refractivity contribution >= 4 is 56.3 Å². The molecule has 0 fully saturated rings. The molecular formula is C22H20ClN7OS. The Morgan fingerprint density at radius 1 is 1.16 bits per heavy atom. The molecule has 32 heavy (non-hydrogen) atoms. The summed E-state index contributed by atoms with van der Waals surface area (Å²) in [5.41, 5.74) is 16.3. The number of nitrogens with two attached hydrogens (primary N) is 2. The molecule has 0 saturated heterocycles. The second kappa shape index (κ2) is 8.25. The average Bonchev–Trinajstić information content (AvgIpc) is 3.01. The number of ether oxygens (including phenoxy) is 1. The van der Waals surface area contributed by atoms with Crippen LogP contribution in [0, 0.1) is 0 Å². The van der Waals surface area contributed by atoms with E-state index < -0.39 is 0 Å². The van der Waals surface area contributed by atoms with Crippen LogP contribution < -0.4 is 21.1 Å². The molecule has 0 amide bonds. The van der Waals surface area contributed by atoms with Gasteiger partial charge in [-0.05, 0) is 30.7 Å². The molecule has 3 aromatic heterocycles. The predicted octanol–water partition coefficient (Wildman–Crippen LogP) is 4.40. The lowest BCUT2D eigenvalue weighted by Crippen LogP contribution is -2.27. The van der Waals surface area contributed by atoms with Crippen LogP contribution in [0.15, 0.2) is 36.5 Å². The minimum absolute atomic E-state index is 0.138. The molecule has 0 radical (unpaired) electrons. The molecule has 1 aromatic carbocycles. The third-order valence-electron chi connectivity index (χ3n) is 5.17. The predicted molar refractivity (Wildman–Crippen MR) is 130 cm³/mol. The number of pyridine rings is 1. The van der Waals surface area contributed by atoms with Gasteiger partial charge in [0.2, 0.25) is 5.95 Å². The molecule has 10 heteroatoms. The summed E-state index contributed by atoms with van der Waals surface area (Å²) >= 11 is 7.74. The molecule has 1 aliphatic rings. The smallest absolute Gasteiger partial charge is 0.223 e. The number of allylic oxidation sites excluding steroid dienone is 1. The number of aromatic nitrogens is 4. The lowest BCUT2D eigenvalue weighted by molar-refractivity contribution is 0.331. The number of fused-ring (bicyclic) bond motifs is 2. The topological polar surface area (TPSA) is 116 Å². The van der Waals surface area contributed by atoms with E-state index in [1.165, 1.54) is 11.3 Å². The molecular weight excluding hydrogens is 446 g/mol. The fourth-order valence-corrected chi connectivity index (χ4v) is 4.64. The third kappa shape index (κ3) is 3.80. The summed E-state index contributed by atoms with van der Waals surface area (Å²) in [6.07, 6.45) is 5.63. The first-order chi connectivity index (χ1) is 15.5. The number of hydrogen-bond acceptors (Lipinski definition) is 9. The third-order valence-corrected chi connectivity index (χ3v) is 6.26. The minimum Gasteiger partial charge on any atom is -0.491 e. The molecule has 4 heterocycles. The Bertz CT molecular complexity index is 1350. The van der Waals surface area contributed by atoms with Crippen molar-refractivity contribution in [3.8, 4) is 16.9 Å². The van der Waals surface area contributed by atoms with Crippen LogP contribution in [-0.2, 0) is 6.54 Å². The number of halogens is 1. The Morgan fingerprint density at radius 3 is 2.88 bits per heavy atom. The van der Waals surface area contributed by atoms with E-state index in [0.29, 0.717) is 35.8 Å². The standard InChI is InChI=1S/C22H20ClN7OS/c1-2-3-15-18(23)28-21(24)29-19(15)30-6-7-31-17-5-4-12(8-14(17)11-30)13-9-16-20(26-10-13)32-22(25)27-16/h2-5,8-10H,6-7,11H2,1H3,(H2,25,27)(H2,24,28,29). The maximum absolute atomic E-state index is 6.37. The number of anilines is 3. The van der Waals surface area contributed by atoms with E-state index in [1.54, 1.807) is 0 Å². The second-order valence-corrected chi connectivity index (χ2v) is 8.67. The number of rotatable bonds is 3. The van der Waals surface area contributed by atoms with E-state index in [2.05, 4.69) is 30.9 Å². The first-order valence-corrected chi connectivity index (χ1v) is 11.2. The molecule has 0 spiro atoms. The number of benzene rings is 1. The largest absolute Gasteiger partial charge is 0.491 e. The quantitative estimate of drug-likeness (QED) is 0.427. The highest BCUT2D eigenvalue weighted by Crippen LogP contribution is 2.34. The van der Waals surface area contributed by atoms with Crippen molar-refractivity contribution in [1.29, 1.82) is 0 Å². The lowest BCUT2D eigenvalue weighted by atomic mass is 10.0. The van der Waals surface area contributed by atoms with Gasteiger partial charge in [0.1, 0.15) is 33.7 Å². The summed E-state index contributed by atoms with van der Waals surface area (Å²) in [7, 11) is 0. The van der Waals surface area contributed by atoms with Gasteiger partial charge in [-0.1, -0.05) is 41.2 Å². The van der Waals surface area contributed by atoms with Crippen molar-refractivity contribution in [2.24, 2.45) is 0 Å². The van der Waals surface area contributed by atoms with Crippen molar-refractivity contribution in [2.75, 3.05) is 29.5 Å². The van der Waals surface area contributed by atoms with Crippen LogP contribution >= 0.6 is 22.9 Å². The number of hydrogen-bond donors (Lipinski definition) is 2. The van der Waals surface area contributed by atoms with E-state index in [4.69, 9.17) is 27.8 Å². The zero-order valence-corrected chi connectivity index (χ0v) is 18.8. The van der Waals surface area contributed by atoms with E-state index in [9.17, 15) is 0 Å². The van der Waals surface area contributed by atoms with Crippen LogP contribution in [0.2, 0.25) is 5.15 Å². The summed E-state index contributed by atoms with van der Waals surface area (Å²) in [4.78, 5) is 20.4. The molecule has 162 valence electrons. The van der Waals surface area contributed by atoms with Crippen LogP contribution in [0.3, 0.4) is 0 Å². The maximum atomic E-state index is 6.37. The van der Waals surface area contributed by atoms with Gasteiger partial charge in [0.15, 0.2) is 5.13 Å². The van der Waals surface area contributed by atoms with Gasteiger partial charge in [-0.15, -0.1) is 0 Å². The van der Waals surface area contributed by atoms with Gasteiger partial charge in [0.05, 0.1) is 12.1 Å². The second-order valence-electron chi connectivity index (χ2n) is 7.30. The van der Waals surface area contributed by atoms with Crippen molar-refractivity contribution in [1.82, 2.24) is 19.9 Å². The molecule has 0 aliphatic carbocycles. The Balaban J connectivity index is 1.54. The first kappa shape index (κ1) is 20.5. The molecule has 8 nitrogen and oxygen atoms in total. The maximum Gasteiger partial charge on any atom is 0.223 e. The van der Waals surface area contributed by atoms with Crippen molar-refractivity contribution in [2.45, 2.75) is 13.5 Å². The number of nitrogen functional groups attached to an aromatic ring is 2. The highest BCUT2D eigenvalue weighted by Gasteiger charge is 2.22. The normalized spacial score (nSPS) is 13.9. The summed E-state index contributed by atoms with van der Waals surface area (Å²) in [5, 5.41) is 0.835. The van der Waals surface area contributed by atoms with Crippen LogP contribution in [0.5, 0.6) is 5.75 Å². The van der Waals surface area contributed by atoms with Crippen molar-refractivity contribution in [3.05, 3.63) is 52.8 Å². The highest BCUT2D eigenvalue weighted by atomic mass is 35.5. The minimum atomic E-state index is 0.138. The van der Waals surface area contributed by atoms with E-state index in [1.807, 2.05) is 43.5 Å². The Morgan fingerprint density at radius 2 is 2.03 bits per heavy atom. The van der Waals surface area contributed by atoms with Gasteiger partial charge in [0.25, 0.3) is 0 Å². The number of nitrogens with zero attached hydrogens (tertiary/aromatic N) is 5. The first-order valence-electron chi connectivity index (χ1n) is 10.0. The molecule has 0 unspecified atom stereocenters. The van der Waals surface area contributed by atoms with Crippen molar-refractivity contribution < 1.29 is 4.74 Å². The van der Waals surface area contributed by atoms with Gasteiger partial charge in [-0.3, -0.25) is 0 Å². The summed E-state index contributed by atoms with van der Waals surface area (Å²) in [6, 6.07) is 8.12. The van der Waals surface area contributed by atoms with Crippen LogP contribution in [-0.4, -0.2) is 33.1 Å². The molecule has 1 aliphatic heterocycles. The van der Waals surface area contributed by atoms with Gasteiger partial charge >= 0.3 is 0 Å². The van der Waals surface area contributed by atoms with Gasteiger partial charge in [-0.2, -0.15) is 4.98 Å². The Labute approximate surface area is 193 Å². The fourth-order valence-electron chi connectivity index (χ4n) is 3.75. The van der Waals surface area contributed by atoms with Crippen LogP contribution in [0.25, 0.3) is 27.6 Å². The summed E-state index contributed by atoms with van der Waals surface area (Å²) < 4.78 is 6.01. The lowest BCUT2D eigenvalue weighted by Gasteiger charge is -2.23. The van der Waals surface area contributed by atoms with Crippen LogP contribution in [0.1, 0.15) is 18.1 Å². The van der Waals surface area contributed by atoms with Gasteiger partial charge < -0.3 is 21.1 Å². The monoisotopic (exact) mass is 465 g/mol. The average molecular weight is 466 g/mol. The zero-order chi connectivity index (χ0) is 22.2. The number of thiazole rings is 1. The Kier molecular flexibility index (Phi) is 5.28. The molecule has 0 atom stereocenters. The van der Waals surface area contributed by atoms with Crippen LogP contribution in [0.4, 0.5) is 16.9 Å². The molecule has 0 saturated carbocycles.